The molecule has 4 unspecified atom stereocenters. The Balaban J connectivity index is 1.49. The Morgan fingerprint density at radius 2 is 2.04 bits per heavy atom. The van der Waals surface area contributed by atoms with Gasteiger partial charge in [0, 0.05) is 51.9 Å². The van der Waals surface area contributed by atoms with Gasteiger partial charge in [0.2, 0.25) is 0 Å². The molecule has 0 bridgehead atoms. The van der Waals surface area contributed by atoms with Crippen LogP contribution in [0.2, 0.25) is 0 Å². The molecule has 0 saturated carbocycles. The van der Waals surface area contributed by atoms with Crippen LogP contribution in [0.4, 0.5) is 0 Å². The summed E-state index contributed by atoms with van der Waals surface area (Å²) < 4.78 is 17.3. The van der Waals surface area contributed by atoms with Gasteiger partial charge in [-0.1, -0.05) is 0 Å². The fraction of sp³-hybridized carbons (Fsp3) is 0.944. The molecule has 3 heterocycles. The van der Waals surface area contributed by atoms with E-state index in [4.69, 9.17) is 14.2 Å². The fourth-order valence-electron chi connectivity index (χ4n) is 4.07. The third-order valence-electron chi connectivity index (χ3n) is 5.53. The van der Waals surface area contributed by atoms with Crippen LogP contribution in [-0.4, -0.2) is 99.7 Å². The van der Waals surface area contributed by atoms with Gasteiger partial charge in [-0.25, -0.2) is 0 Å². The van der Waals surface area contributed by atoms with Crippen LogP contribution in [0.5, 0.6) is 0 Å². The van der Waals surface area contributed by atoms with Crippen molar-refractivity contribution in [3.63, 3.8) is 0 Å². The number of morpholine rings is 2. The molecule has 3 aliphatic heterocycles. The van der Waals surface area contributed by atoms with Crippen molar-refractivity contribution in [1.82, 2.24) is 15.1 Å². The zero-order valence-corrected chi connectivity index (χ0v) is 15.9. The number of ether oxygens (including phenoxy) is 3. The minimum absolute atomic E-state index is 0.159. The second-order valence-corrected chi connectivity index (χ2v) is 7.35. The van der Waals surface area contributed by atoms with E-state index >= 15 is 0 Å². The largest absolute Gasteiger partial charge is 0.379 e. The van der Waals surface area contributed by atoms with Crippen molar-refractivity contribution in [3.05, 3.63) is 0 Å². The van der Waals surface area contributed by atoms with E-state index < -0.39 is 0 Å². The first-order chi connectivity index (χ1) is 12.2. The van der Waals surface area contributed by atoms with Crippen LogP contribution in [-0.2, 0) is 14.2 Å². The predicted molar refractivity (Wildman–Crippen MR) is 98.1 cm³/mol. The first-order valence-corrected chi connectivity index (χ1v) is 9.71. The molecule has 1 N–H and O–H groups in total. The first-order valence-electron chi connectivity index (χ1n) is 9.71. The smallest absolute Gasteiger partial charge is 0.193 e. The molecule has 25 heavy (non-hydrogen) atoms. The van der Waals surface area contributed by atoms with E-state index in [0.717, 1.165) is 71.4 Å². The summed E-state index contributed by atoms with van der Waals surface area (Å²) in [7, 11) is 1.86. The molecule has 3 saturated heterocycles. The van der Waals surface area contributed by atoms with Gasteiger partial charge >= 0.3 is 0 Å². The maximum atomic E-state index is 5.95. The van der Waals surface area contributed by atoms with E-state index in [1.165, 1.54) is 0 Å². The third kappa shape index (κ3) is 4.84. The molecular weight excluding hydrogens is 320 g/mol. The highest BCUT2D eigenvalue weighted by molar-refractivity contribution is 5.80. The van der Waals surface area contributed by atoms with Gasteiger partial charge < -0.3 is 24.4 Å². The Hall–Kier alpha value is -0.890. The second kappa shape index (κ2) is 9.16. The highest BCUT2D eigenvalue weighted by atomic mass is 16.5. The number of aliphatic imine (C=N–C) groups is 1. The molecule has 0 aliphatic carbocycles. The lowest BCUT2D eigenvalue weighted by molar-refractivity contribution is -0.0817. The molecular formula is C18H34N4O3. The molecule has 3 fully saturated rings. The first kappa shape index (κ1) is 18.9. The summed E-state index contributed by atoms with van der Waals surface area (Å²) in [5, 5.41) is 3.56. The van der Waals surface area contributed by atoms with Gasteiger partial charge in [-0.2, -0.15) is 0 Å². The van der Waals surface area contributed by atoms with Gasteiger partial charge in [0.15, 0.2) is 5.96 Å². The molecule has 0 aromatic carbocycles. The zero-order valence-electron chi connectivity index (χ0n) is 15.9. The van der Waals surface area contributed by atoms with E-state index in [9.17, 15) is 0 Å². The normalized spacial score (nSPS) is 33.5. The summed E-state index contributed by atoms with van der Waals surface area (Å²) >= 11 is 0. The standard InChI is InChI=1S/C18H34N4O3/c1-14(22-7-9-23-13-15(22)2)11-20-18(19-3)21-6-10-25-17(12-21)16-5-4-8-24-16/h14-17H,4-13H2,1-3H3,(H,19,20). The Morgan fingerprint density at radius 3 is 2.76 bits per heavy atom. The topological polar surface area (TPSA) is 58.6 Å². The van der Waals surface area contributed by atoms with Crippen molar-refractivity contribution >= 4 is 5.96 Å². The summed E-state index contributed by atoms with van der Waals surface area (Å²) in [6, 6.07) is 0.922. The molecule has 0 aromatic heterocycles. The number of hydrogen-bond acceptors (Lipinski definition) is 5. The predicted octanol–water partition coefficient (Wildman–Crippen LogP) is 0.551. The highest BCUT2D eigenvalue weighted by Crippen LogP contribution is 2.21. The SMILES string of the molecule is CN=C(NCC(C)N1CCOCC1C)N1CCOC(C2CCCO2)C1. The summed E-state index contributed by atoms with van der Waals surface area (Å²) in [6.45, 7) is 11.4. The van der Waals surface area contributed by atoms with Crippen molar-refractivity contribution in [2.75, 3.05) is 59.7 Å². The highest BCUT2D eigenvalue weighted by Gasteiger charge is 2.32. The van der Waals surface area contributed by atoms with Gasteiger partial charge in [-0.15, -0.1) is 0 Å². The van der Waals surface area contributed by atoms with Crippen LogP contribution in [0.1, 0.15) is 26.7 Å². The van der Waals surface area contributed by atoms with Crippen molar-refractivity contribution in [3.8, 4) is 0 Å². The minimum atomic E-state index is 0.159. The molecule has 7 nitrogen and oxygen atoms in total. The van der Waals surface area contributed by atoms with Crippen molar-refractivity contribution in [1.29, 1.82) is 0 Å². The Morgan fingerprint density at radius 1 is 1.20 bits per heavy atom. The lowest BCUT2D eigenvalue weighted by atomic mass is 10.1. The second-order valence-electron chi connectivity index (χ2n) is 7.35. The molecule has 3 aliphatic rings. The molecule has 0 amide bonds. The maximum absolute atomic E-state index is 5.95. The molecule has 144 valence electrons. The van der Waals surface area contributed by atoms with Crippen LogP contribution in [0, 0.1) is 0 Å². The fourth-order valence-corrected chi connectivity index (χ4v) is 4.07. The van der Waals surface area contributed by atoms with Crippen molar-refractivity contribution < 1.29 is 14.2 Å². The Bertz CT molecular complexity index is 442. The van der Waals surface area contributed by atoms with Gasteiger partial charge in [-0.3, -0.25) is 9.89 Å². The number of rotatable bonds is 4. The summed E-state index contributed by atoms with van der Waals surface area (Å²) in [5.74, 6) is 0.971. The van der Waals surface area contributed by atoms with E-state index in [-0.39, 0.29) is 12.2 Å². The molecule has 0 radical (unpaired) electrons. The number of nitrogens with one attached hydrogen (secondary N) is 1. The van der Waals surface area contributed by atoms with E-state index in [1.54, 1.807) is 0 Å². The van der Waals surface area contributed by atoms with Crippen LogP contribution in [0.25, 0.3) is 0 Å². The van der Waals surface area contributed by atoms with E-state index in [2.05, 4.69) is 34.0 Å². The average molecular weight is 354 g/mol. The minimum Gasteiger partial charge on any atom is -0.379 e. The van der Waals surface area contributed by atoms with Gasteiger partial charge in [0.1, 0.15) is 6.10 Å². The van der Waals surface area contributed by atoms with Gasteiger partial charge in [0.05, 0.1) is 25.9 Å². The van der Waals surface area contributed by atoms with Crippen molar-refractivity contribution in [2.45, 2.75) is 51.0 Å². The number of hydrogen-bond donors (Lipinski definition) is 1. The summed E-state index contributed by atoms with van der Waals surface area (Å²) in [4.78, 5) is 9.32. The molecule has 7 heteroatoms. The van der Waals surface area contributed by atoms with Crippen LogP contribution < -0.4 is 5.32 Å². The molecule has 3 rings (SSSR count). The van der Waals surface area contributed by atoms with Crippen LogP contribution in [0.3, 0.4) is 0 Å². The van der Waals surface area contributed by atoms with Gasteiger partial charge in [0.25, 0.3) is 0 Å². The van der Waals surface area contributed by atoms with Gasteiger partial charge in [-0.05, 0) is 26.7 Å². The van der Waals surface area contributed by atoms with E-state index in [0.29, 0.717) is 12.1 Å². The monoisotopic (exact) mass is 354 g/mol. The molecule has 0 spiro atoms. The quantitative estimate of drug-likeness (QED) is 0.588. The Kier molecular flexibility index (Phi) is 6.92. The van der Waals surface area contributed by atoms with Crippen molar-refractivity contribution in [2.24, 2.45) is 4.99 Å². The average Bonchev–Trinajstić information content (AvgIpc) is 3.17. The lowest BCUT2D eigenvalue weighted by Crippen LogP contribution is -2.56. The summed E-state index contributed by atoms with van der Waals surface area (Å²) in [6.07, 6.45) is 2.66. The van der Waals surface area contributed by atoms with Crippen LogP contribution >= 0.6 is 0 Å². The molecule has 0 aromatic rings. The van der Waals surface area contributed by atoms with E-state index in [1.807, 2.05) is 7.05 Å². The van der Waals surface area contributed by atoms with Crippen LogP contribution in [0.15, 0.2) is 4.99 Å². The maximum Gasteiger partial charge on any atom is 0.193 e. The Labute approximate surface area is 151 Å². The third-order valence-corrected chi connectivity index (χ3v) is 5.53. The number of nitrogens with zero attached hydrogens (tertiary/aromatic N) is 3. The summed E-state index contributed by atoms with van der Waals surface area (Å²) in [5.41, 5.74) is 0. The zero-order chi connectivity index (χ0) is 17.6. The number of guanidine groups is 1. The lowest BCUT2D eigenvalue weighted by Gasteiger charge is -2.40. The molecule has 4 atom stereocenters.